The van der Waals surface area contributed by atoms with Crippen LogP contribution in [0.4, 0.5) is 0 Å². The zero-order chi connectivity index (χ0) is 21.8. The van der Waals surface area contributed by atoms with E-state index >= 15 is 0 Å². The van der Waals surface area contributed by atoms with Gasteiger partial charge in [-0.15, -0.1) is 0 Å². The molecule has 168 valence electrons. The number of carbonyl (C=O) groups is 2. The maximum Gasteiger partial charge on any atom is 0.287 e. The molecule has 2 rings (SSSR count). The second kappa shape index (κ2) is 13.2. The van der Waals surface area contributed by atoms with Crippen molar-refractivity contribution in [2.75, 3.05) is 47.1 Å². The summed E-state index contributed by atoms with van der Waals surface area (Å²) in [6, 6.07) is 5.70. The second-order valence-electron chi connectivity index (χ2n) is 7.58. The van der Waals surface area contributed by atoms with Crippen LogP contribution in [-0.4, -0.2) is 63.7 Å². The lowest BCUT2D eigenvalue weighted by Crippen LogP contribution is -2.44. The Hall–Kier alpha value is -2.12. The van der Waals surface area contributed by atoms with Gasteiger partial charge in [0.2, 0.25) is 5.78 Å². The van der Waals surface area contributed by atoms with Gasteiger partial charge in [-0.1, -0.05) is 38.7 Å². The van der Waals surface area contributed by atoms with Gasteiger partial charge in [-0.05, 0) is 24.1 Å². The fourth-order valence-electron chi connectivity index (χ4n) is 3.70. The van der Waals surface area contributed by atoms with Gasteiger partial charge in [0.05, 0.1) is 33.5 Å². The smallest absolute Gasteiger partial charge is 0.287 e. The van der Waals surface area contributed by atoms with Crippen LogP contribution >= 0.6 is 0 Å². The zero-order valence-corrected chi connectivity index (χ0v) is 18.6. The average Bonchev–Trinajstić information content (AvgIpc) is 2.79. The molecule has 7 nitrogen and oxygen atoms in total. The first kappa shape index (κ1) is 24.2. The number of methoxy groups -OCH3 is 2. The highest BCUT2D eigenvalue weighted by Crippen LogP contribution is 2.32. The van der Waals surface area contributed by atoms with Crippen LogP contribution in [0.15, 0.2) is 18.2 Å². The molecule has 0 aromatic heterocycles. The van der Waals surface area contributed by atoms with Crippen molar-refractivity contribution in [2.24, 2.45) is 0 Å². The van der Waals surface area contributed by atoms with Crippen LogP contribution in [0.5, 0.6) is 11.5 Å². The van der Waals surface area contributed by atoms with E-state index in [1.54, 1.807) is 14.2 Å². The van der Waals surface area contributed by atoms with Gasteiger partial charge >= 0.3 is 0 Å². The first-order valence-corrected chi connectivity index (χ1v) is 11.0. The minimum Gasteiger partial charge on any atom is -0.493 e. The summed E-state index contributed by atoms with van der Waals surface area (Å²) in [5, 5.41) is 2.85. The van der Waals surface area contributed by atoms with Crippen LogP contribution in [0.1, 0.15) is 57.1 Å². The molecular weight excluding hydrogens is 384 g/mol. The van der Waals surface area contributed by atoms with Gasteiger partial charge in [-0.25, -0.2) is 0 Å². The highest BCUT2D eigenvalue weighted by atomic mass is 16.5. The summed E-state index contributed by atoms with van der Waals surface area (Å²) in [5.74, 6) is 0.468. The number of ether oxygens (including phenoxy) is 3. The quantitative estimate of drug-likeness (QED) is 0.390. The van der Waals surface area contributed by atoms with Gasteiger partial charge in [0.25, 0.3) is 5.91 Å². The number of unbranched alkanes of at least 4 members (excludes halogenated alkanes) is 4. The molecule has 1 aromatic carbocycles. The Bertz CT molecular complexity index is 674. The largest absolute Gasteiger partial charge is 0.493 e. The number of morpholine rings is 1. The third-order valence-electron chi connectivity index (χ3n) is 5.50. The van der Waals surface area contributed by atoms with E-state index in [4.69, 9.17) is 14.2 Å². The number of carbonyl (C=O) groups excluding carboxylic acids is 2. The summed E-state index contributed by atoms with van der Waals surface area (Å²) in [5.41, 5.74) is 1.00. The second-order valence-corrected chi connectivity index (χ2v) is 7.58. The summed E-state index contributed by atoms with van der Waals surface area (Å²) in [6.07, 6.45) is 5.53. The van der Waals surface area contributed by atoms with Crippen LogP contribution in [0.3, 0.4) is 0 Å². The van der Waals surface area contributed by atoms with Crippen LogP contribution in [0, 0.1) is 0 Å². The first-order valence-electron chi connectivity index (χ1n) is 11.0. The number of hydrogen-bond acceptors (Lipinski definition) is 6. The predicted molar refractivity (Wildman–Crippen MR) is 116 cm³/mol. The molecular formula is C23H36N2O5. The van der Waals surface area contributed by atoms with Crippen molar-refractivity contribution in [1.82, 2.24) is 10.2 Å². The fraction of sp³-hybridized carbons (Fsp3) is 0.652. The fourth-order valence-corrected chi connectivity index (χ4v) is 3.70. The number of nitrogens with one attached hydrogen (secondary N) is 1. The molecule has 1 saturated heterocycles. The van der Waals surface area contributed by atoms with E-state index in [9.17, 15) is 9.59 Å². The van der Waals surface area contributed by atoms with E-state index in [-0.39, 0.29) is 11.8 Å². The molecule has 0 saturated carbocycles. The Morgan fingerprint density at radius 2 is 1.77 bits per heavy atom. The Morgan fingerprint density at radius 1 is 1.07 bits per heavy atom. The maximum absolute atomic E-state index is 12.4. The molecule has 1 aliphatic rings. The van der Waals surface area contributed by atoms with Crippen molar-refractivity contribution in [1.29, 1.82) is 0 Å². The highest BCUT2D eigenvalue weighted by molar-refractivity contribution is 6.36. The SMILES string of the molecule is CCCCCCCC(=O)C(=O)NCC(c1ccc(OC)c(OC)c1)N1CCOCC1. The predicted octanol–water partition coefficient (Wildman–Crippen LogP) is 3.12. The summed E-state index contributed by atoms with van der Waals surface area (Å²) in [7, 11) is 3.21. The molecule has 1 aliphatic heterocycles. The molecule has 30 heavy (non-hydrogen) atoms. The Labute approximate surface area is 180 Å². The van der Waals surface area contributed by atoms with Crippen molar-refractivity contribution in [3.05, 3.63) is 23.8 Å². The molecule has 1 unspecified atom stereocenters. The number of Topliss-reactive ketones (excluding diaryl/α,β-unsaturated/α-hetero) is 1. The lowest BCUT2D eigenvalue weighted by molar-refractivity contribution is -0.138. The van der Waals surface area contributed by atoms with Crippen molar-refractivity contribution in [2.45, 2.75) is 51.5 Å². The van der Waals surface area contributed by atoms with Gasteiger partial charge in [0.1, 0.15) is 0 Å². The van der Waals surface area contributed by atoms with Crippen LogP contribution in [-0.2, 0) is 14.3 Å². The third kappa shape index (κ3) is 7.29. The van der Waals surface area contributed by atoms with Crippen molar-refractivity contribution >= 4 is 11.7 Å². The molecule has 7 heteroatoms. The molecule has 0 spiro atoms. The van der Waals surface area contributed by atoms with E-state index in [0.717, 1.165) is 44.3 Å². The number of nitrogens with zero attached hydrogens (tertiary/aromatic N) is 1. The molecule has 0 aliphatic carbocycles. The average molecular weight is 421 g/mol. The van der Waals surface area contributed by atoms with Crippen molar-refractivity contribution in [3.63, 3.8) is 0 Å². The normalized spacial score (nSPS) is 15.4. The molecule has 0 bridgehead atoms. The summed E-state index contributed by atoms with van der Waals surface area (Å²) in [4.78, 5) is 26.8. The number of amides is 1. The standard InChI is InChI=1S/C23H36N2O5/c1-4-5-6-7-8-9-20(26)23(27)24-17-19(25-12-14-30-15-13-25)18-10-11-21(28-2)22(16-18)29-3/h10-11,16,19H,4-9,12-15,17H2,1-3H3,(H,24,27). The Kier molecular flexibility index (Phi) is 10.7. The van der Waals surface area contributed by atoms with E-state index < -0.39 is 5.91 Å². The summed E-state index contributed by atoms with van der Waals surface area (Å²) >= 11 is 0. The molecule has 1 fully saturated rings. The Morgan fingerprint density at radius 3 is 2.43 bits per heavy atom. The van der Waals surface area contributed by atoms with E-state index in [0.29, 0.717) is 37.7 Å². The van der Waals surface area contributed by atoms with Gasteiger partial charge in [-0.3, -0.25) is 14.5 Å². The number of hydrogen-bond donors (Lipinski definition) is 1. The van der Waals surface area contributed by atoms with E-state index in [2.05, 4.69) is 17.1 Å². The Balaban J connectivity index is 2.00. The molecule has 1 aromatic rings. The van der Waals surface area contributed by atoms with Crippen LogP contribution in [0.2, 0.25) is 0 Å². The van der Waals surface area contributed by atoms with Gasteiger partial charge in [0.15, 0.2) is 11.5 Å². The lowest BCUT2D eigenvalue weighted by atomic mass is 10.0. The van der Waals surface area contributed by atoms with Crippen LogP contribution in [0.25, 0.3) is 0 Å². The maximum atomic E-state index is 12.4. The third-order valence-corrected chi connectivity index (χ3v) is 5.50. The number of benzene rings is 1. The van der Waals surface area contributed by atoms with Crippen molar-refractivity contribution in [3.8, 4) is 11.5 Å². The van der Waals surface area contributed by atoms with Gasteiger partial charge < -0.3 is 19.5 Å². The lowest BCUT2D eigenvalue weighted by Gasteiger charge is -2.35. The van der Waals surface area contributed by atoms with Crippen molar-refractivity contribution < 1.29 is 23.8 Å². The molecule has 1 atom stereocenters. The van der Waals surface area contributed by atoms with E-state index in [1.165, 1.54) is 6.42 Å². The van der Waals surface area contributed by atoms with Gasteiger partial charge in [0, 0.05) is 26.1 Å². The minimum absolute atomic E-state index is 0.0741. The monoisotopic (exact) mass is 420 g/mol. The van der Waals surface area contributed by atoms with Gasteiger partial charge in [-0.2, -0.15) is 0 Å². The first-order chi connectivity index (χ1) is 14.6. The zero-order valence-electron chi connectivity index (χ0n) is 18.6. The summed E-state index contributed by atoms with van der Waals surface area (Å²) in [6.45, 7) is 5.33. The topological polar surface area (TPSA) is 77.1 Å². The highest BCUT2D eigenvalue weighted by Gasteiger charge is 2.25. The minimum atomic E-state index is -0.496. The molecule has 1 N–H and O–H groups in total. The number of ketones is 1. The molecule has 1 heterocycles. The number of rotatable bonds is 13. The van der Waals surface area contributed by atoms with Crippen LogP contribution < -0.4 is 14.8 Å². The molecule has 0 radical (unpaired) electrons. The van der Waals surface area contributed by atoms with E-state index in [1.807, 2.05) is 18.2 Å². The molecule has 1 amide bonds. The summed E-state index contributed by atoms with van der Waals surface area (Å²) < 4.78 is 16.3.